The Morgan fingerprint density at radius 1 is 0.982 bits per heavy atom. The van der Waals surface area contributed by atoms with E-state index in [1.165, 1.54) is 29.5 Å². The highest BCUT2D eigenvalue weighted by Gasteiger charge is 2.45. The molecule has 55 heavy (non-hydrogen) atoms. The summed E-state index contributed by atoms with van der Waals surface area (Å²) in [7, 11) is 0. The number of para-hydroxylation sites is 2. The van der Waals surface area contributed by atoms with Crippen molar-refractivity contribution in [2.24, 2.45) is 5.41 Å². The number of hydrogen-bond donors (Lipinski definition) is 3. The van der Waals surface area contributed by atoms with Crippen molar-refractivity contribution in [1.29, 1.82) is 0 Å². The Kier molecular flexibility index (Phi) is 10.1. The molecule has 3 aliphatic heterocycles. The molecule has 1 spiro atoms. The fraction of sp³-hybridized carbons (Fsp3) is 0.286. The molecule has 5 aromatic rings. The molecule has 13 heteroatoms. The molecular formula is C42H40FN5O6S. The number of benzene rings is 3. The Morgan fingerprint density at radius 2 is 1.76 bits per heavy atom. The number of aliphatic hydroxyl groups is 1. The van der Waals surface area contributed by atoms with Gasteiger partial charge in [-0.1, -0.05) is 24.3 Å². The van der Waals surface area contributed by atoms with Crippen LogP contribution in [-0.2, 0) is 11.2 Å². The number of carbonyl (C=O) groups excluding carboxylic acids is 3. The number of halogens is 1. The Morgan fingerprint density at radius 3 is 2.55 bits per heavy atom. The van der Waals surface area contributed by atoms with E-state index in [2.05, 4.69) is 20.5 Å². The lowest BCUT2D eigenvalue weighted by atomic mass is 9.73. The van der Waals surface area contributed by atoms with Gasteiger partial charge in [0, 0.05) is 66.2 Å². The van der Waals surface area contributed by atoms with E-state index < -0.39 is 11.7 Å². The Balaban J connectivity index is 0.969. The van der Waals surface area contributed by atoms with Gasteiger partial charge in [0.1, 0.15) is 23.9 Å². The normalized spacial score (nSPS) is 15.7. The van der Waals surface area contributed by atoms with Gasteiger partial charge in [-0.2, -0.15) is 0 Å². The smallest absolute Gasteiger partial charge is 0.265 e. The van der Waals surface area contributed by atoms with Crippen LogP contribution in [0.15, 0.2) is 85.1 Å². The summed E-state index contributed by atoms with van der Waals surface area (Å²) in [5.74, 6) is -0.800. The highest BCUT2D eigenvalue weighted by Crippen LogP contribution is 2.44. The van der Waals surface area contributed by atoms with Crippen LogP contribution in [0.1, 0.15) is 54.4 Å². The number of thiophene rings is 1. The van der Waals surface area contributed by atoms with Gasteiger partial charge in [0.2, 0.25) is 0 Å². The maximum absolute atomic E-state index is 14.7. The lowest BCUT2D eigenvalue weighted by molar-refractivity contribution is -0.000511. The zero-order valence-corrected chi connectivity index (χ0v) is 31.1. The minimum absolute atomic E-state index is 0.0460. The van der Waals surface area contributed by atoms with Crippen LogP contribution in [0.25, 0.3) is 10.4 Å². The van der Waals surface area contributed by atoms with Gasteiger partial charge >= 0.3 is 0 Å². The number of aryl methyl sites for hydroxylation is 1. The van der Waals surface area contributed by atoms with Crippen molar-refractivity contribution in [3.8, 4) is 16.2 Å². The van der Waals surface area contributed by atoms with Crippen LogP contribution in [0.5, 0.6) is 5.75 Å². The SMILES string of the molecule is Cc1cnc(N2CC3(CCOCC3)C2)c(C(=O)Nc2ccc(C(=O)N3CCc4cc(C(=O)Nc5c(F)cccc5OCCO)sc4-c4ccccc43)cc2)c1. The number of aromatic nitrogens is 1. The Labute approximate surface area is 321 Å². The molecule has 0 unspecified atom stereocenters. The van der Waals surface area contributed by atoms with Crippen LogP contribution in [-0.4, -0.2) is 73.9 Å². The lowest BCUT2D eigenvalue weighted by Gasteiger charge is -2.53. The molecule has 0 radical (unpaired) electrons. The van der Waals surface area contributed by atoms with Crippen LogP contribution in [0.4, 0.5) is 27.3 Å². The summed E-state index contributed by atoms with van der Waals surface area (Å²) in [6.45, 7) is 5.22. The molecule has 3 aliphatic rings. The van der Waals surface area contributed by atoms with Crippen LogP contribution in [0.3, 0.4) is 0 Å². The molecule has 3 N–H and O–H groups in total. The Bertz CT molecular complexity index is 2260. The zero-order valence-electron chi connectivity index (χ0n) is 30.3. The van der Waals surface area contributed by atoms with Crippen molar-refractivity contribution in [1.82, 2.24) is 4.98 Å². The van der Waals surface area contributed by atoms with Gasteiger partial charge in [0.25, 0.3) is 17.7 Å². The van der Waals surface area contributed by atoms with Gasteiger partial charge in [-0.15, -0.1) is 11.3 Å². The third-order valence-corrected chi connectivity index (χ3v) is 11.6. The summed E-state index contributed by atoms with van der Waals surface area (Å²) < 4.78 is 25.7. The highest BCUT2D eigenvalue weighted by molar-refractivity contribution is 7.17. The molecule has 2 aromatic heterocycles. The summed E-state index contributed by atoms with van der Waals surface area (Å²) in [5, 5.41) is 14.8. The quantitative estimate of drug-likeness (QED) is 0.147. The number of rotatable bonds is 9. The van der Waals surface area contributed by atoms with Crippen molar-refractivity contribution in [2.75, 3.05) is 66.5 Å². The number of hydrogen-bond acceptors (Lipinski definition) is 9. The second-order valence-corrected chi connectivity index (χ2v) is 15.3. The number of aliphatic hydroxyl groups excluding tert-OH is 1. The molecule has 2 fully saturated rings. The van der Waals surface area contributed by atoms with Gasteiger partial charge in [0.05, 0.1) is 22.7 Å². The second kappa shape index (κ2) is 15.2. The van der Waals surface area contributed by atoms with Crippen LogP contribution < -0.4 is 25.2 Å². The second-order valence-electron chi connectivity index (χ2n) is 14.2. The summed E-state index contributed by atoms with van der Waals surface area (Å²) >= 11 is 1.27. The highest BCUT2D eigenvalue weighted by atomic mass is 32.1. The molecule has 282 valence electrons. The number of pyridine rings is 1. The van der Waals surface area contributed by atoms with Crippen molar-refractivity contribution in [3.63, 3.8) is 0 Å². The predicted octanol–water partition coefficient (Wildman–Crippen LogP) is 6.95. The molecule has 0 atom stereocenters. The molecule has 8 rings (SSSR count). The number of nitrogens with zero attached hydrogens (tertiary/aromatic N) is 3. The minimum Gasteiger partial charge on any atom is -0.489 e. The topological polar surface area (TPSA) is 133 Å². The summed E-state index contributed by atoms with van der Waals surface area (Å²) in [6.07, 6.45) is 4.31. The molecular weight excluding hydrogens is 722 g/mol. The Hall–Kier alpha value is -5.63. The summed E-state index contributed by atoms with van der Waals surface area (Å²) in [4.78, 5) is 50.9. The first-order valence-electron chi connectivity index (χ1n) is 18.3. The van der Waals surface area contributed by atoms with Gasteiger partial charge in [-0.05, 0) is 91.9 Å². The maximum Gasteiger partial charge on any atom is 0.265 e. The fourth-order valence-electron chi connectivity index (χ4n) is 7.56. The van der Waals surface area contributed by atoms with Gasteiger partial charge in [-0.25, -0.2) is 9.37 Å². The fourth-order valence-corrected chi connectivity index (χ4v) is 8.70. The van der Waals surface area contributed by atoms with E-state index in [0.29, 0.717) is 46.2 Å². The van der Waals surface area contributed by atoms with E-state index >= 15 is 0 Å². The van der Waals surface area contributed by atoms with E-state index in [-0.39, 0.29) is 41.9 Å². The number of carbonyl (C=O) groups is 3. The van der Waals surface area contributed by atoms with Crippen LogP contribution in [0.2, 0.25) is 0 Å². The lowest BCUT2D eigenvalue weighted by Crippen LogP contribution is -2.59. The van der Waals surface area contributed by atoms with E-state index in [4.69, 9.17) is 14.6 Å². The number of anilines is 4. The first-order chi connectivity index (χ1) is 26.7. The number of nitrogens with one attached hydrogen (secondary N) is 2. The number of fused-ring (bicyclic) bond motifs is 3. The summed E-state index contributed by atoms with van der Waals surface area (Å²) in [6, 6.07) is 22.3. The number of amides is 3. The van der Waals surface area contributed by atoms with Gasteiger partial charge in [0.15, 0.2) is 5.82 Å². The van der Waals surface area contributed by atoms with E-state index in [1.807, 2.05) is 37.3 Å². The zero-order chi connectivity index (χ0) is 38.1. The number of ether oxygens (including phenoxy) is 2. The average Bonchev–Trinajstić information content (AvgIpc) is 3.55. The van der Waals surface area contributed by atoms with Gasteiger partial charge in [-0.3, -0.25) is 14.4 Å². The van der Waals surface area contributed by atoms with Crippen LogP contribution in [0, 0.1) is 18.2 Å². The van der Waals surface area contributed by atoms with E-state index in [9.17, 15) is 18.8 Å². The molecule has 3 amide bonds. The van der Waals surface area contributed by atoms with Gasteiger partial charge < -0.3 is 35.0 Å². The molecule has 5 heterocycles. The maximum atomic E-state index is 14.7. The first kappa shape index (κ1) is 36.4. The van der Waals surface area contributed by atoms with Crippen molar-refractivity contribution in [3.05, 3.63) is 118 Å². The first-order valence-corrected chi connectivity index (χ1v) is 19.1. The van der Waals surface area contributed by atoms with Crippen molar-refractivity contribution < 1.29 is 33.4 Å². The molecule has 2 saturated heterocycles. The monoisotopic (exact) mass is 761 g/mol. The molecule has 3 aromatic carbocycles. The standard InChI is InChI=1S/C42H40FN5O6S/c1-26-21-31(38(44-23-26)47-24-42(25-47)14-18-53-19-15-42)39(50)45-29-11-9-27(10-12-29)41(52)48-16-13-28-22-35(55-37(28)30-5-2-3-7-33(30)48)40(51)46-36-32(43)6-4-8-34(36)54-20-17-49/h2-12,21-23,49H,13-20,24-25H2,1H3,(H,45,50)(H,46,51). The van der Waals surface area contributed by atoms with E-state index in [1.54, 1.807) is 41.4 Å². The summed E-state index contributed by atoms with van der Waals surface area (Å²) in [5.41, 5.74) is 4.97. The average molecular weight is 762 g/mol. The molecule has 0 saturated carbocycles. The molecule has 0 bridgehead atoms. The van der Waals surface area contributed by atoms with Crippen molar-refractivity contribution >= 4 is 51.9 Å². The third kappa shape index (κ3) is 7.30. The predicted molar refractivity (Wildman–Crippen MR) is 210 cm³/mol. The largest absolute Gasteiger partial charge is 0.489 e. The molecule has 11 nitrogen and oxygen atoms in total. The van der Waals surface area contributed by atoms with E-state index in [0.717, 1.165) is 60.7 Å². The third-order valence-electron chi connectivity index (χ3n) is 10.4. The molecule has 0 aliphatic carbocycles. The van der Waals surface area contributed by atoms with Crippen molar-refractivity contribution in [2.45, 2.75) is 26.2 Å². The van der Waals surface area contributed by atoms with Crippen LogP contribution >= 0.6 is 11.3 Å². The minimum atomic E-state index is -0.652.